The number of aliphatic hydroxyl groups is 1. The maximum atomic E-state index is 14.3. The van der Waals surface area contributed by atoms with Crippen molar-refractivity contribution < 1.29 is 33.6 Å². The summed E-state index contributed by atoms with van der Waals surface area (Å²) < 4.78 is 33.3. The molecule has 69 heavy (non-hydrogen) atoms. The van der Waals surface area contributed by atoms with Crippen LogP contribution in [0.3, 0.4) is 0 Å². The zero-order valence-corrected chi connectivity index (χ0v) is 40.9. The first-order valence-corrected chi connectivity index (χ1v) is 25.5. The van der Waals surface area contributed by atoms with E-state index >= 15 is 0 Å². The lowest BCUT2D eigenvalue weighted by molar-refractivity contribution is -0.0912. The molecule has 4 fully saturated rings. The van der Waals surface area contributed by atoms with Crippen molar-refractivity contribution >= 4 is 46.0 Å². The van der Waals surface area contributed by atoms with E-state index in [2.05, 4.69) is 68.1 Å². The molecular formula is C53H65N7O8S. The first-order valence-electron chi connectivity index (χ1n) is 24.7. The summed E-state index contributed by atoms with van der Waals surface area (Å²) in [7, 11) is 1.61. The number of benzene rings is 3. The number of nitrogens with one attached hydrogen (secondary N) is 3. The van der Waals surface area contributed by atoms with Gasteiger partial charge in [0.15, 0.2) is 5.75 Å². The van der Waals surface area contributed by atoms with Gasteiger partial charge in [-0.25, -0.2) is 0 Å². The second-order valence-corrected chi connectivity index (χ2v) is 21.2. The fourth-order valence-electron chi connectivity index (χ4n) is 11.4. The number of methoxy groups -OCH3 is 1. The van der Waals surface area contributed by atoms with Crippen LogP contribution in [-0.2, 0) is 9.47 Å². The number of carbonyl (C=O) groups is 1. The first-order chi connectivity index (χ1) is 33.5. The molecule has 5 aliphatic rings. The number of nitrogens with zero attached hydrogens (tertiary/aromatic N) is 4. The number of amides is 1. The molecule has 3 aliphatic heterocycles. The quantitative estimate of drug-likeness (QED) is 0.0444. The first kappa shape index (κ1) is 47.3. The van der Waals surface area contributed by atoms with Crippen molar-refractivity contribution in [1.82, 2.24) is 19.6 Å². The number of piperidine rings is 1. The zero-order valence-electron chi connectivity index (χ0n) is 40.1. The molecule has 2 saturated carbocycles. The van der Waals surface area contributed by atoms with Crippen LogP contribution < -0.4 is 29.1 Å². The van der Waals surface area contributed by atoms with Crippen LogP contribution in [0.1, 0.15) is 106 Å². The second-order valence-electron chi connectivity index (χ2n) is 20.3. The second kappa shape index (κ2) is 20.1. The summed E-state index contributed by atoms with van der Waals surface area (Å²) in [5, 5.41) is 18.2. The maximum absolute atomic E-state index is 14.3. The summed E-state index contributed by atoms with van der Waals surface area (Å²) >= 11 is 1.08. The standard InChI is InChI=1S/C53H65N7O8S/c1-33(2)39-7-5-6-8-40(39)44-32-65-22-21-60(44)37-29-53(30-37)16-19-59(20-17-53)36-9-10-41(45(26-36)68-47-25-35-13-18-54-49(35)56-51(47)66-24-23-64-4)50(61)58-69-38-27-42(57-63)48-46(28-38)67-31-43(55-48)34-11-14-52(3,62)15-12-34/h5-10,13,18,25-28,33-34,37,43-44,55,62H,11-12,14-17,19-24,29-32H2,1-4H3,(H,54,56)(H,58,61)/t34-,43-,44+,52-/m1/s1. The maximum Gasteiger partial charge on any atom is 0.265 e. The van der Waals surface area contributed by atoms with Gasteiger partial charge < -0.3 is 44.0 Å². The lowest BCUT2D eigenvalue weighted by atomic mass is 9.59. The molecule has 16 heteroatoms. The number of anilines is 2. The summed E-state index contributed by atoms with van der Waals surface area (Å²) in [5.41, 5.74) is 5.17. The Balaban J connectivity index is 0.854. The Hall–Kier alpha value is -5.39. The molecule has 0 unspecified atom stereocenters. The third kappa shape index (κ3) is 10.1. The van der Waals surface area contributed by atoms with Crippen molar-refractivity contribution in [2.24, 2.45) is 16.5 Å². The SMILES string of the molecule is COCCOc1nc2[nH]ccc2cc1Oc1cc(N2CCC3(CC2)CC(N2CCOC[C@H]2c2ccccc2C(C)C)C3)ccc1C(=O)NSc1cc(N=O)c2c(c1)OC[C@H]([C@H]1CC[C@](C)(O)CC1)N2. The minimum atomic E-state index is -0.644. The molecule has 0 bridgehead atoms. The summed E-state index contributed by atoms with van der Waals surface area (Å²) in [6, 6.07) is 22.7. The molecule has 2 aliphatic carbocycles. The van der Waals surface area contributed by atoms with Crippen LogP contribution in [0.5, 0.6) is 23.1 Å². The summed E-state index contributed by atoms with van der Waals surface area (Å²) in [4.78, 5) is 40.1. The van der Waals surface area contributed by atoms with E-state index in [-0.39, 0.29) is 36.2 Å². The summed E-state index contributed by atoms with van der Waals surface area (Å²) in [6.07, 6.45) is 9.54. The molecule has 366 valence electrons. The fourth-order valence-corrected chi connectivity index (χ4v) is 12.0. The lowest BCUT2D eigenvalue weighted by Crippen LogP contribution is -2.58. The van der Waals surface area contributed by atoms with Gasteiger partial charge in [-0.2, -0.15) is 4.98 Å². The van der Waals surface area contributed by atoms with Gasteiger partial charge in [-0.3, -0.25) is 14.4 Å². The van der Waals surface area contributed by atoms with E-state index in [0.29, 0.717) is 75.5 Å². The molecule has 10 rings (SSSR count). The van der Waals surface area contributed by atoms with Gasteiger partial charge in [-0.05, 0) is 140 Å². The van der Waals surface area contributed by atoms with Crippen molar-refractivity contribution in [2.45, 2.75) is 107 Å². The monoisotopic (exact) mass is 959 g/mol. The molecule has 5 aromatic rings. The Labute approximate surface area is 408 Å². The molecule has 1 spiro atoms. The minimum Gasteiger partial charge on any atom is -0.489 e. The van der Waals surface area contributed by atoms with Crippen LogP contribution in [0, 0.1) is 16.2 Å². The number of rotatable bonds is 15. The average Bonchev–Trinajstić information content (AvgIpc) is 3.82. The van der Waals surface area contributed by atoms with Gasteiger partial charge in [-0.1, -0.05) is 38.1 Å². The van der Waals surface area contributed by atoms with Gasteiger partial charge in [-0.15, -0.1) is 4.91 Å². The zero-order chi connectivity index (χ0) is 47.7. The number of aromatic nitrogens is 2. The average molecular weight is 960 g/mol. The van der Waals surface area contributed by atoms with Crippen LogP contribution in [0.2, 0.25) is 0 Å². The predicted octanol–water partition coefficient (Wildman–Crippen LogP) is 10.3. The van der Waals surface area contributed by atoms with E-state index in [9.17, 15) is 14.8 Å². The number of morpholine rings is 1. The molecule has 0 radical (unpaired) electrons. The molecule has 2 saturated heterocycles. The summed E-state index contributed by atoms with van der Waals surface area (Å²) in [5.74, 6) is 1.87. The predicted molar refractivity (Wildman–Crippen MR) is 268 cm³/mol. The molecular weight excluding hydrogens is 895 g/mol. The van der Waals surface area contributed by atoms with E-state index < -0.39 is 5.60 Å². The van der Waals surface area contributed by atoms with Crippen LogP contribution in [-0.4, -0.2) is 103 Å². The Bertz CT molecular complexity index is 2630. The fraction of sp³-hybridized carbons (Fsp3) is 0.509. The number of aromatic amines is 1. The lowest BCUT2D eigenvalue weighted by Gasteiger charge is -2.57. The van der Waals surface area contributed by atoms with E-state index in [4.69, 9.17) is 28.7 Å². The number of hydrogen-bond donors (Lipinski definition) is 4. The summed E-state index contributed by atoms with van der Waals surface area (Å²) in [6.45, 7) is 11.7. The molecule has 5 heterocycles. The Kier molecular flexibility index (Phi) is 13.8. The van der Waals surface area contributed by atoms with Gasteiger partial charge in [0.2, 0.25) is 0 Å². The topological polar surface area (TPSA) is 172 Å². The van der Waals surface area contributed by atoms with Gasteiger partial charge in [0.05, 0.1) is 43.1 Å². The van der Waals surface area contributed by atoms with E-state index in [1.807, 2.05) is 49.5 Å². The van der Waals surface area contributed by atoms with Crippen molar-refractivity contribution in [2.75, 3.05) is 70.0 Å². The third-order valence-electron chi connectivity index (χ3n) is 15.4. The van der Waals surface area contributed by atoms with Gasteiger partial charge in [0.25, 0.3) is 11.8 Å². The van der Waals surface area contributed by atoms with Crippen molar-refractivity contribution in [3.05, 3.63) is 94.5 Å². The minimum absolute atomic E-state index is 0.00334. The number of H-pyrrole nitrogens is 1. The molecule has 4 N–H and O–H groups in total. The highest BCUT2D eigenvalue weighted by molar-refractivity contribution is 7.98. The highest BCUT2D eigenvalue weighted by atomic mass is 32.2. The number of ether oxygens (including phenoxy) is 5. The molecule has 2 atom stereocenters. The van der Waals surface area contributed by atoms with Crippen molar-refractivity contribution in [3.63, 3.8) is 0 Å². The van der Waals surface area contributed by atoms with Crippen LogP contribution in [0.15, 0.2) is 83.0 Å². The van der Waals surface area contributed by atoms with Gasteiger partial charge in [0.1, 0.15) is 41.7 Å². The van der Waals surface area contributed by atoms with Crippen LogP contribution in [0.4, 0.5) is 17.1 Å². The highest BCUT2D eigenvalue weighted by Gasteiger charge is 2.50. The number of carbonyl (C=O) groups excluding carboxylic acids is 1. The smallest absolute Gasteiger partial charge is 0.265 e. The van der Waals surface area contributed by atoms with Gasteiger partial charge >= 0.3 is 0 Å². The number of hydrogen-bond acceptors (Lipinski definition) is 14. The number of pyridine rings is 1. The molecule has 1 amide bonds. The van der Waals surface area contributed by atoms with E-state index in [1.54, 1.807) is 13.2 Å². The Morgan fingerprint density at radius 3 is 2.59 bits per heavy atom. The number of fused-ring (bicyclic) bond motifs is 2. The highest BCUT2D eigenvalue weighted by Crippen LogP contribution is 2.53. The van der Waals surface area contributed by atoms with E-state index in [1.165, 1.54) is 24.0 Å². The largest absolute Gasteiger partial charge is 0.489 e. The van der Waals surface area contributed by atoms with Crippen molar-refractivity contribution in [3.8, 4) is 23.1 Å². The van der Waals surface area contributed by atoms with Crippen LogP contribution >= 0.6 is 11.9 Å². The van der Waals surface area contributed by atoms with Crippen molar-refractivity contribution in [1.29, 1.82) is 0 Å². The van der Waals surface area contributed by atoms with E-state index in [0.717, 1.165) is 94.4 Å². The normalized spacial score (nSPS) is 23.7. The molecule has 2 aromatic heterocycles. The molecule has 3 aromatic carbocycles. The number of nitroso groups, excluding NO2 is 1. The third-order valence-corrected chi connectivity index (χ3v) is 16.2. The van der Waals surface area contributed by atoms with Gasteiger partial charge in [0, 0.05) is 61.0 Å². The van der Waals surface area contributed by atoms with Crippen LogP contribution in [0.25, 0.3) is 11.0 Å². The Morgan fingerprint density at radius 1 is 1.00 bits per heavy atom. The Morgan fingerprint density at radius 2 is 1.81 bits per heavy atom. The molecule has 15 nitrogen and oxygen atoms in total.